The van der Waals surface area contributed by atoms with Crippen LogP contribution >= 0.6 is 11.3 Å². The zero-order chi connectivity index (χ0) is 16.8. The van der Waals surface area contributed by atoms with E-state index in [9.17, 15) is 4.79 Å². The summed E-state index contributed by atoms with van der Waals surface area (Å²) in [5.41, 5.74) is 3.31. The molecule has 0 spiro atoms. The second kappa shape index (κ2) is 8.27. The lowest BCUT2D eigenvalue weighted by atomic mass is 9.98. The molecule has 1 atom stereocenters. The minimum atomic E-state index is 0.0922. The summed E-state index contributed by atoms with van der Waals surface area (Å²) in [6.45, 7) is 10.8. The number of anilines is 1. The number of likely N-dealkylation sites (N-methyl/N-ethyl adjacent to an activating group) is 1. The van der Waals surface area contributed by atoms with Crippen molar-refractivity contribution < 1.29 is 9.69 Å². The van der Waals surface area contributed by atoms with Crippen LogP contribution in [0.1, 0.15) is 42.7 Å². The maximum atomic E-state index is 12.5. The number of carbonyl (C=O) groups is 1. The van der Waals surface area contributed by atoms with Gasteiger partial charge in [0.15, 0.2) is 6.54 Å². The summed E-state index contributed by atoms with van der Waals surface area (Å²) in [5.74, 6) is 0.487. The average Bonchev–Trinajstić information content (AvgIpc) is 3.01. The summed E-state index contributed by atoms with van der Waals surface area (Å²) < 4.78 is 0. The van der Waals surface area contributed by atoms with Gasteiger partial charge in [-0.25, -0.2) is 0 Å². The summed E-state index contributed by atoms with van der Waals surface area (Å²) in [7, 11) is 0. The van der Waals surface area contributed by atoms with Crippen LogP contribution in [0, 0.1) is 6.92 Å². The van der Waals surface area contributed by atoms with E-state index in [2.05, 4.69) is 68.7 Å². The van der Waals surface area contributed by atoms with Crippen molar-refractivity contribution in [2.75, 3.05) is 18.4 Å². The third kappa shape index (κ3) is 4.91. The third-order valence-corrected chi connectivity index (χ3v) is 4.98. The Morgan fingerprint density at radius 3 is 2.65 bits per heavy atom. The van der Waals surface area contributed by atoms with Crippen molar-refractivity contribution in [3.05, 3.63) is 51.7 Å². The molecule has 0 saturated heterocycles. The Morgan fingerprint density at radius 2 is 2.04 bits per heavy atom. The molecule has 2 aromatic rings. The predicted molar refractivity (Wildman–Crippen MR) is 98.3 cm³/mol. The largest absolute Gasteiger partial charge is 0.323 e. The molecule has 1 aromatic carbocycles. The lowest BCUT2D eigenvalue weighted by Gasteiger charge is -2.19. The molecule has 1 aromatic heterocycles. The number of carbonyl (C=O) groups excluding carboxylic acids is 1. The van der Waals surface area contributed by atoms with Crippen LogP contribution in [0.4, 0.5) is 5.69 Å². The van der Waals surface area contributed by atoms with Crippen molar-refractivity contribution in [2.24, 2.45) is 0 Å². The third-order valence-electron chi connectivity index (χ3n) is 4.11. The van der Waals surface area contributed by atoms with Crippen LogP contribution in [0.15, 0.2) is 35.7 Å². The van der Waals surface area contributed by atoms with Crippen molar-refractivity contribution in [3.63, 3.8) is 0 Å². The Balaban J connectivity index is 2.04. The Kier molecular flexibility index (Phi) is 6.37. The number of hydrogen-bond acceptors (Lipinski definition) is 2. The van der Waals surface area contributed by atoms with Gasteiger partial charge < -0.3 is 10.2 Å². The molecule has 1 heterocycles. The lowest BCUT2D eigenvalue weighted by Crippen LogP contribution is -3.11. The smallest absolute Gasteiger partial charge is 0.279 e. The van der Waals surface area contributed by atoms with Crippen LogP contribution in [0.25, 0.3) is 0 Å². The number of aryl methyl sites for hydroxylation is 1. The molecule has 0 aliphatic rings. The van der Waals surface area contributed by atoms with Gasteiger partial charge in [-0.1, -0.05) is 38.1 Å². The number of nitrogens with one attached hydrogen (secondary N) is 2. The molecule has 0 saturated carbocycles. The molecule has 0 aliphatic heterocycles. The van der Waals surface area contributed by atoms with E-state index in [4.69, 9.17) is 0 Å². The highest BCUT2D eigenvalue weighted by Gasteiger charge is 2.17. The minimum Gasteiger partial charge on any atom is -0.323 e. The molecule has 0 fully saturated rings. The predicted octanol–water partition coefficient (Wildman–Crippen LogP) is 3.22. The SMILES string of the molecule is CC[NH+](CC(=O)Nc1c(C)cccc1C(C)C)Cc1cccs1. The van der Waals surface area contributed by atoms with E-state index in [0.717, 1.165) is 24.3 Å². The van der Waals surface area contributed by atoms with Crippen LogP contribution in [0.3, 0.4) is 0 Å². The molecule has 23 heavy (non-hydrogen) atoms. The maximum Gasteiger partial charge on any atom is 0.279 e. The molecule has 0 bridgehead atoms. The number of thiophene rings is 1. The topological polar surface area (TPSA) is 33.5 Å². The van der Waals surface area contributed by atoms with E-state index in [1.165, 1.54) is 15.3 Å². The van der Waals surface area contributed by atoms with Gasteiger partial charge in [0.05, 0.1) is 11.4 Å². The highest BCUT2D eigenvalue weighted by molar-refractivity contribution is 7.09. The molecular weight excluding hydrogens is 304 g/mol. The molecule has 124 valence electrons. The Morgan fingerprint density at radius 1 is 1.26 bits per heavy atom. The van der Waals surface area contributed by atoms with Gasteiger partial charge in [-0.05, 0) is 42.3 Å². The van der Waals surface area contributed by atoms with Gasteiger partial charge in [0.2, 0.25) is 0 Å². The standard InChI is InChI=1S/C19H26N2OS/c1-5-21(12-16-9-7-11-23-16)13-18(22)20-19-15(4)8-6-10-17(19)14(2)3/h6-11,14H,5,12-13H2,1-4H3,(H,20,22)/p+1. The molecule has 3 nitrogen and oxygen atoms in total. The normalized spacial score (nSPS) is 12.4. The number of rotatable bonds is 7. The van der Waals surface area contributed by atoms with Crippen molar-refractivity contribution in [1.29, 1.82) is 0 Å². The Labute approximate surface area is 143 Å². The van der Waals surface area contributed by atoms with Crippen LogP contribution in [0.2, 0.25) is 0 Å². The highest BCUT2D eigenvalue weighted by atomic mass is 32.1. The fourth-order valence-corrected chi connectivity index (χ4v) is 3.50. The summed E-state index contributed by atoms with van der Waals surface area (Å²) in [6.07, 6.45) is 0. The molecule has 0 radical (unpaired) electrons. The van der Waals surface area contributed by atoms with Crippen LogP contribution < -0.4 is 10.2 Å². The quantitative estimate of drug-likeness (QED) is 0.802. The zero-order valence-corrected chi connectivity index (χ0v) is 15.3. The van der Waals surface area contributed by atoms with E-state index < -0.39 is 0 Å². The van der Waals surface area contributed by atoms with Gasteiger partial charge in [0, 0.05) is 5.69 Å². The fourth-order valence-electron chi connectivity index (χ4n) is 2.73. The second-order valence-corrected chi connectivity index (χ2v) is 7.31. The van der Waals surface area contributed by atoms with E-state index in [1.54, 1.807) is 11.3 Å². The minimum absolute atomic E-state index is 0.0922. The van der Waals surface area contributed by atoms with E-state index in [1.807, 2.05) is 0 Å². The first-order chi connectivity index (χ1) is 11.0. The molecule has 0 aliphatic carbocycles. The van der Waals surface area contributed by atoms with E-state index in [-0.39, 0.29) is 5.91 Å². The molecular formula is C19H27N2OS+. The lowest BCUT2D eigenvalue weighted by molar-refractivity contribution is -0.903. The maximum absolute atomic E-state index is 12.5. The first-order valence-electron chi connectivity index (χ1n) is 8.26. The summed E-state index contributed by atoms with van der Waals surface area (Å²) in [6, 6.07) is 10.4. The van der Waals surface area contributed by atoms with Crippen molar-refractivity contribution in [1.82, 2.24) is 0 Å². The number of hydrogen-bond donors (Lipinski definition) is 2. The van der Waals surface area contributed by atoms with Crippen molar-refractivity contribution in [3.8, 4) is 0 Å². The molecule has 1 unspecified atom stereocenters. The van der Waals surface area contributed by atoms with E-state index >= 15 is 0 Å². The zero-order valence-electron chi connectivity index (χ0n) is 14.5. The van der Waals surface area contributed by atoms with E-state index in [0.29, 0.717) is 12.5 Å². The first-order valence-corrected chi connectivity index (χ1v) is 9.14. The number of benzene rings is 1. The molecule has 2 N–H and O–H groups in total. The Hall–Kier alpha value is -1.65. The average molecular weight is 332 g/mol. The number of para-hydroxylation sites is 1. The van der Waals surface area contributed by atoms with Crippen molar-refractivity contribution >= 4 is 22.9 Å². The number of amides is 1. The van der Waals surface area contributed by atoms with Gasteiger partial charge in [-0.3, -0.25) is 4.79 Å². The summed E-state index contributed by atoms with van der Waals surface area (Å²) in [4.78, 5) is 15.1. The van der Waals surface area contributed by atoms with Gasteiger partial charge in [0.25, 0.3) is 5.91 Å². The van der Waals surface area contributed by atoms with Gasteiger partial charge in [-0.15, -0.1) is 11.3 Å². The van der Waals surface area contributed by atoms with Crippen LogP contribution in [-0.2, 0) is 11.3 Å². The van der Waals surface area contributed by atoms with Gasteiger partial charge >= 0.3 is 0 Å². The van der Waals surface area contributed by atoms with Gasteiger partial charge in [0.1, 0.15) is 6.54 Å². The molecule has 1 amide bonds. The van der Waals surface area contributed by atoms with Crippen LogP contribution in [-0.4, -0.2) is 19.0 Å². The highest BCUT2D eigenvalue weighted by Crippen LogP contribution is 2.27. The van der Waals surface area contributed by atoms with Gasteiger partial charge in [-0.2, -0.15) is 0 Å². The monoisotopic (exact) mass is 331 g/mol. The van der Waals surface area contributed by atoms with Crippen molar-refractivity contribution in [2.45, 2.75) is 40.2 Å². The summed E-state index contributed by atoms with van der Waals surface area (Å²) >= 11 is 1.75. The fraction of sp³-hybridized carbons (Fsp3) is 0.421. The summed E-state index contributed by atoms with van der Waals surface area (Å²) in [5, 5.41) is 5.24. The first kappa shape index (κ1) is 17.7. The van der Waals surface area contributed by atoms with Crippen LogP contribution in [0.5, 0.6) is 0 Å². The second-order valence-electron chi connectivity index (χ2n) is 6.28. The molecule has 4 heteroatoms. The number of quaternary nitrogens is 1. The Bertz CT molecular complexity index is 635. The molecule has 2 rings (SSSR count).